The molecule has 1 amide bonds. The lowest BCUT2D eigenvalue weighted by atomic mass is 9.89. The fourth-order valence-electron chi connectivity index (χ4n) is 4.42. The van der Waals surface area contributed by atoms with E-state index in [1.54, 1.807) is 42.6 Å². The number of aromatic nitrogens is 2. The number of nitrogens with one attached hydrogen (secondary N) is 2. The highest BCUT2D eigenvalue weighted by Gasteiger charge is 2.35. The van der Waals surface area contributed by atoms with Crippen LogP contribution in [0.5, 0.6) is 11.5 Å². The van der Waals surface area contributed by atoms with E-state index in [2.05, 4.69) is 15.3 Å². The van der Waals surface area contributed by atoms with Crippen molar-refractivity contribution >= 4 is 22.8 Å². The summed E-state index contributed by atoms with van der Waals surface area (Å²) in [5.41, 5.74) is 2.59. The number of esters is 1. The highest BCUT2D eigenvalue weighted by Crippen LogP contribution is 2.38. The summed E-state index contributed by atoms with van der Waals surface area (Å²) in [5.74, 6) is -1.20. The SMILES string of the molecule is COC(=O)[C@H](Cc1c[nH]c2ccccc12)NC(=O)C(c1ccc2c(c1)OCO2)C(O)c1ccccn1. The summed E-state index contributed by atoms with van der Waals surface area (Å²) < 4.78 is 15.8. The summed E-state index contributed by atoms with van der Waals surface area (Å²) in [6.07, 6.45) is 2.28. The van der Waals surface area contributed by atoms with Crippen LogP contribution >= 0.6 is 0 Å². The molecule has 1 aliphatic heterocycles. The number of para-hydroxylation sites is 1. The molecular weight excluding hydrogens is 462 g/mol. The molecule has 0 fully saturated rings. The van der Waals surface area contributed by atoms with Crippen molar-refractivity contribution in [3.63, 3.8) is 0 Å². The van der Waals surface area contributed by atoms with E-state index in [9.17, 15) is 14.7 Å². The monoisotopic (exact) mass is 487 g/mol. The van der Waals surface area contributed by atoms with Gasteiger partial charge < -0.3 is 29.6 Å². The number of aliphatic hydroxyl groups excluding tert-OH is 1. The molecule has 3 N–H and O–H groups in total. The molecule has 3 atom stereocenters. The Labute approximate surface area is 207 Å². The maximum atomic E-state index is 13.7. The Hall–Kier alpha value is -4.37. The van der Waals surface area contributed by atoms with Crippen LogP contribution < -0.4 is 14.8 Å². The number of fused-ring (bicyclic) bond motifs is 2. The van der Waals surface area contributed by atoms with Crippen molar-refractivity contribution in [1.82, 2.24) is 15.3 Å². The molecule has 2 aromatic carbocycles. The van der Waals surface area contributed by atoms with Crippen molar-refractivity contribution in [3.05, 3.63) is 89.9 Å². The van der Waals surface area contributed by atoms with E-state index in [0.29, 0.717) is 22.8 Å². The van der Waals surface area contributed by atoms with Crippen molar-refractivity contribution < 1.29 is 28.9 Å². The molecule has 36 heavy (non-hydrogen) atoms. The second kappa shape index (κ2) is 10.1. The molecule has 9 nitrogen and oxygen atoms in total. The fraction of sp³-hybridized carbons (Fsp3) is 0.222. The van der Waals surface area contributed by atoms with Gasteiger partial charge in [0.1, 0.15) is 12.1 Å². The summed E-state index contributed by atoms with van der Waals surface area (Å²) >= 11 is 0. The van der Waals surface area contributed by atoms with E-state index in [1.165, 1.54) is 7.11 Å². The van der Waals surface area contributed by atoms with Crippen LogP contribution in [0.3, 0.4) is 0 Å². The van der Waals surface area contributed by atoms with E-state index in [0.717, 1.165) is 16.5 Å². The molecule has 0 radical (unpaired) electrons. The molecule has 3 heterocycles. The van der Waals surface area contributed by atoms with Crippen molar-refractivity contribution in [2.75, 3.05) is 13.9 Å². The topological polar surface area (TPSA) is 123 Å². The molecule has 9 heteroatoms. The molecule has 2 aromatic heterocycles. The number of ether oxygens (including phenoxy) is 3. The van der Waals surface area contributed by atoms with Crippen LogP contribution in [-0.4, -0.2) is 46.9 Å². The lowest BCUT2D eigenvalue weighted by molar-refractivity contribution is -0.145. The number of nitrogens with zero attached hydrogens (tertiary/aromatic N) is 1. The number of benzene rings is 2. The standard InChI is InChI=1S/C27H25N3O6/c1-34-27(33)21(12-17-14-29-19-7-3-2-6-18(17)19)30-26(32)24(25(31)20-8-4-5-11-28-20)16-9-10-22-23(13-16)36-15-35-22/h2-11,13-14,21,24-25,29,31H,12,15H2,1H3,(H,30,32)/t21-,24?,25?/m0/s1. The van der Waals surface area contributed by atoms with E-state index in [-0.39, 0.29) is 13.2 Å². The zero-order valence-corrected chi connectivity index (χ0v) is 19.5. The predicted octanol–water partition coefficient (Wildman–Crippen LogP) is 3.01. The van der Waals surface area contributed by atoms with Crippen LogP contribution in [0.1, 0.15) is 28.8 Å². The third kappa shape index (κ3) is 4.60. The maximum Gasteiger partial charge on any atom is 0.328 e. The van der Waals surface area contributed by atoms with Gasteiger partial charge in [-0.05, 0) is 41.5 Å². The Morgan fingerprint density at radius 2 is 1.92 bits per heavy atom. The van der Waals surface area contributed by atoms with Gasteiger partial charge in [-0.15, -0.1) is 0 Å². The minimum absolute atomic E-state index is 0.0769. The highest BCUT2D eigenvalue weighted by atomic mass is 16.7. The first-order valence-corrected chi connectivity index (χ1v) is 11.5. The quantitative estimate of drug-likeness (QED) is 0.327. The number of carbonyl (C=O) groups is 2. The minimum Gasteiger partial charge on any atom is -0.467 e. The number of amides is 1. The molecule has 0 saturated carbocycles. The molecule has 2 unspecified atom stereocenters. The van der Waals surface area contributed by atoms with Crippen molar-refractivity contribution in [3.8, 4) is 11.5 Å². The van der Waals surface area contributed by atoms with Gasteiger partial charge >= 0.3 is 5.97 Å². The van der Waals surface area contributed by atoms with Gasteiger partial charge in [0.15, 0.2) is 11.5 Å². The normalized spacial score (nSPS) is 14.7. The van der Waals surface area contributed by atoms with Gasteiger partial charge in [-0.25, -0.2) is 4.79 Å². The Balaban J connectivity index is 1.46. The summed E-state index contributed by atoms with van der Waals surface area (Å²) in [7, 11) is 1.27. The molecule has 0 saturated heterocycles. The Kier molecular flexibility index (Phi) is 6.55. The lowest BCUT2D eigenvalue weighted by Gasteiger charge is -2.25. The van der Waals surface area contributed by atoms with Gasteiger partial charge in [0.25, 0.3) is 0 Å². The fourth-order valence-corrected chi connectivity index (χ4v) is 4.42. The number of methoxy groups -OCH3 is 1. The van der Waals surface area contributed by atoms with E-state index in [4.69, 9.17) is 14.2 Å². The first kappa shape index (κ1) is 23.4. The number of hydrogen-bond donors (Lipinski definition) is 3. The summed E-state index contributed by atoms with van der Waals surface area (Å²) in [6, 6.07) is 16.8. The number of pyridine rings is 1. The molecule has 0 bridgehead atoms. The van der Waals surface area contributed by atoms with Gasteiger partial charge in [0.05, 0.1) is 18.7 Å². The summed E-state index contributed by atoms with van der Waals surface area (Å²) in [5, 5.41) is 15.0. The molecule has 0 aliphatic carbocycles. The third-order valence-electron chi connectivity index (χ3n) is 6.25. The van der Waals surface area contributed by atoms with Gasteiger partial charge in [0, 0.05) is 29.7 Å². The zero-order chi connectivity index (χ0) is 25.1. The largest absolute Gasteiger partial charge is 0.467 e. The molecule has 5 rings (SSSR count). The molecule has 0 spiro atoms. The molecule has 184 valence electrons. The van der Waals surface area contributed by atoms with E-state index >= 15 is 0 Å². The molecular formula is C27H25N3O6. The van der Waals surface area contributed by atoms with Crippen LogP contribution in [0.2, 0.25) is 0 Å². The number of rotatable bonds is 8. The average Bonchev–Trinajstić information content (AvgIpc) is 3.55. The van der Waals surface area contributed by atoms with Crippen molar-refractivity contribution in [2.45, 2.75) is 24.5 Å². The lowest BCUT2D eigenvalue weighted by Crippen LogP contribution is -2.46. The van der Waals surface area contributed by atoms with Gasteiger partial charge in [0.2, 0.25) is 12.7 Å². The number of aliphatic hydroxyl groups is 1. The molecule has 1 aliphatic rings. The third-order valence-corrected chi connectivity index (χ3v) is 6.25. The smallest absolute Gasteiger partial charge is 0.328 e. The van der Waals surface area contributed by atoms with E-state index in [1.807, 2.05) is 30.5 Å². The zero-order valence-electron chi connectivity index (χ0n) is 19.5. The number of H-pyrrole nitrogens is 1. The Bertz CT molecular complexity index is 1390. The van der Waals surface area contributed by atoms with Crippen LogP contribution in [0.25, 0.3) is 10.9 Å². The van der Waals surface area contributed by atoms with Gasteiger partial charge in [-0.2, -0.15) is 0 Å². The van der Waals surface area contributed by atoms with Crippen LogP contribution in [0.4, 0.5) is 0 Å². The summed E-state index contributed by atoms with van der Waals surface area (Å²) in [6.45, 7) is 0.0769. The second-order valence-electron chi connectivity index (χ2n) is 8.44. The Morgan fingerprint density at radius 3 is 2.72 bits per heavy atom. The first-order valence-electron chi connectivity index (χ1n) is 11.5. The van der Waals surface area contributed by atoms with Crippen LogP contribution in [0, 0.1) is 0 Å². The van der Waals surface area contributed by atoms with Crippen LogP contribution in [-0.2, 0) is 20.7 Å². The second-order valence-corrected chi connectivity index (χ2v) is 8.44. The average molecular weight is 488 g/mol. The Morgan fingerprint density at radius 1 is 1.11 bits per heavy atom. The number of aromatic amines is 1. The molecule has 4 aromatic rings. The predicted molar refractivity (Wildman–Crippen MR) is 130 cm³/mol. The maximum absolute atomic E-state index is 13.7. The number of carbonyl (C=O) groups excluding carboxylic acids is 2. The minimum atomic E-state index is -1.28. The van der Waals surface area contributed by atoms with E-state index < -0.39 is 29.9 Å². The van der Waals surface area contributed by atoms with Crippen molar-refractivity contribution in [2.24, 2.45) is 0 Å². The van der Waals surface area contributed by atoms with Gasteiger partial charge in [-0.1, -0.05) is 30.3 Å². The summed E-state index contributed by atoms with van der Waals surface area (Å²) in [4.78, 5) is 33.8. The van der Waals surface area contributed by atoms with Crippen LogP contribution in [0.15, 0.2) is 73.1 Å². The first-order chi connectivity index (χ1) is 17.5. The number of hydrogen-bond acceptors (Lipinski definition) is 7. The highest BCUT2D eigenvalue weighted by molar-refractivity contribution is 5.90. The van der Waals surface area contributed by atoms with Crippen molar-refractivity contribution in [1.29, 1.82) is 0 Å². The van der Waals surface area contributed by atoms with Gasteiger partial charge in [-0.3, -0.25) is 9.78 Å².